The standard InChI is InChI=1S/C15H22N2/c1-2-11-16-15(14-9-5-3-6-10-14)17-12-7-4-8-13-17/h3,5-6,9-10H,2,4,7-8,11-13H2,1H3/p+1. The summed E-state index contributed by atoms with van der Waals surface area (Å²) in [5.74, 6) is 1.33. The molecule has 1 heterocycles. The molecule has 1 aromatic carbocycles. The molecule has 0 amide bonds. The molecule has 0 aromatic heterocycles. The molecule has 17 heavy (non-hydrogen) atoms. The molecule has 2 rings (SSSR count). The van der Waals surface area contributed by atoms with Crippen molar-refractivity contribution in [1.29, 1.82) is 0 Å². The van der Waals surface area contributed by atoms with Gasteiger partial charge in [0.2, 0.25) is 0 Å². The monoisotopic (exact) mass is 231 g/mol. The smallest absolute Gasteiger partial charge is 0.274 e. The summed E-state index contributed by atoms with van der Waals surface area (Å²) in [5, 5.41) is 3.60. The summed E-state index contributed by atoms with van der Waals surface area (Å²) < 4.78 is 2.51. The van der Waals surface area contributed by atoms with Crippen LogP contribution in [0.15, 0.2) is 30.3 Å². The summed E-state index contributed by atoms with van der Waals surface area (Å²) >= 11 is 0. The molecule has 0 atom stereocenters. The van der Waals surface area contributed by atoms with Crippen LogP contribution in [0, 0.1) is 0 Å². The highest BCUT2D eigenvalue weighted by molar-refractivity contribution is 5.94. The van der Waals surface area contributed by atoms with Crippen LogP contribution in [0.4, 0.5) is 0 Å². The maximum atomic E-state index is 3.60. The second-order valence-corrected chi connectivity index (χ2v) is 4.69. The number of piperidine rings is 1. The minimum Gasteiger partial charge on any atom is -0.274 e. The summed E-state index contributed by atoms with van der Waals surface area (Å²) in [6.07, 6.45) is 5.20. The molecule has 0 spiro atoms. The first-order chi connectivity index (χ1) is 8.42. The molecular formula is C15H23N2+. The number of nitrogens with one attached hydrogen (secondary N) is 1. The van der Waals surface area contributed by atoms with Crippen LogP contribution in [0.25, 0.3) is 0 Å². The molecule has 2 nitrogen and oxygen atoms in total. The van der Waals surface area contributed by atoms with E-state index < -0.39 is 0 Å². The van der Waals surface area contributed by atoms with Gasteiger partial charge in [0, 0.05) is 0 Å². The summed E-state index contributed by atoms with van der Waals surface area (Å²) in [7, 11) is 0. The third-order valence-electron chi connectivity index (χ3n) is 3.26. The van der Waals surface area contributed by atoms with E-state index in [-0.39, 0.29) is 0 Å². The van der Waals surface area contributed by atoms with Crippen LogP contribution in [0.5, 0.6) is 0 Å². The SMILES string of the molecule is CCCNC(c1ccccc1)=[N+]1CCCCC1. The highest BCUT2D eigenvalue weighted by atomic mass is 15.1. The summed E-state index contributed by atoms with van der Waals surface area (Å²) in [5.41, 5.74) is 1.32. The second kappa shape index (κ2) is 6.43. The molecule has 1 saturated heterocycles. The first-order valence-electron chi connectivity index (χ1n) is 6.83. The number of hydrogen-bond acceptors (Lipinski definition) is 0. The Balaban J connectivity index is 2.23. The first-order valence-corrected chi connectivity index (χ1v) is 6.83. The Bertz CT molecular complexity index is 360. The predicted molar refractivity (Wildman–Crippen MR) is 72.7 cm³/mol. The fourth-order valence-electron chi connectivity index (χ4n) is 2.35. The van der Waals surface area contributed by atoms with E-state index in [9.17, 15) is 0 Å². The van der Waals surface area contributed by atoms with Gasteiger partial charge in [0.15, 0.2) is 0 Å². The van der Waals surface area contributed by atoms with Crippen molar-refractivity contribution < 1.29 is 4.58 Å². The Labute approximate surface area is 104 Å². The summed E-state index contributed by atoms with van der Waals surface area (Å²) in [6.45, 7) is 5.66. The van der Waals surface area contributed by atoms with Gasteiger partial charge in [-0.25, -0.2) is 0 Å². The van der Waals surface area contributed by atoms with Crippen molar-refractivity contribution in [1.82, 2.24) is 5.32 Å². The van der Waals surface area contributed by atoms with Crippen molar-refractivity contribution in [2.75, 3.05) is 19.6 Å². The van der Waals surface area contributed by atoms with Gasteiger partial charge in [-0.1, -0.05) is 25.1 Å². The molecule has 0 unspecified atom stereocenters. The molecule has 0 saturated carbocycles. The van der Waals surface area contributed by atoms with E-state index in [4.69, 9.17) is 0 Å². The molecule has 0 radical (unpaired) electrons. The zero-order chi connectivity index (χ0) is 11.9. The zero-order valence-electron chi connectivity index (χ0n) is 10.8. The number of rotatable bonds is 3. The fourth-order valence-corrected chi connectivity index (χ4v) is 2.35. The van der Waals surface area contributed by atoms with Gasteiger partial charge in [0.1, 0.15) is 0 Å². The van der Waals surface area contributed by atoms with Crippen LogP contribution in [0.2, 0.25) is 0 Å². The van der Waals surface area contributed by atoms with Crippen molar-refractivity contribution in [2.24, 2.45) is 0 Å². The summed E-state index contributed by atoms with van der Waals surface area (Å²) in [6, 6.07) is 10.7. The molecule has 0 bridgehead atoms. The van der Waals surface area contributed by atoms with E-state index in [0.717, 1.165) is 6.54 Å². The molecule has 1 aliphatic rings. The van der Waals surface area contributed by atoms with E-state index in [0.29, 0.717) is 0 Å². The lowest BCUT2D eigenvalue weighted by atomic mass is 10.1. The van der Waals surface area contributed by atoms with Crippen molar-refractivity contribution in [3.05, 3.63) is 35.9 Å². The third-order valence-corrected chi connectivity index (χ3v) is 3.26. The maximum absolute atomic E-state index is 3.60. The topological polar surface area (TPSA) is 15.0 Å². The van der Waals surface area contributed by atoms with Crippen LogP contribution < -0.4 is 5.32 Å². The number of hydrogen-bond donors (Lipinski definition) is 1. The fraction of sp³-hybridized carbons (Fsp3) is 0.533. The Morgan fingerprint density at radius 1 is 1.12 bits per heavy atom. The maximum Gasteiger partial charge on any atom is 0.277 e. The lowest BCUT2D eigenvalue weighted by Crippen LogP contribution is -2.37. The summed E-state index contributed by atoms with van der Waals surface area (Å²) in [4.78, 5) is 0. The molecular weight excluding hydrogens is 208 g/mol. The van der Waals surface area contributed by atoms with E-state index in [1.54, 1.807) is 0 Å². The quantitative estimate of drug-likeness (QED) is 0.624. The van der Waals surface area contributed by atoms with E-state index >= 15 is 0 Å². The Hall–Kier alpha value is -1.31. The van der Waals surface area contributed by atoms with E-state index in [2.05, 4.69) is 47.1 Å². The molecule has 0 aliphatic carbocycles. The number of nitrogens with zero attached hydrogens (tertiary/aromatic N) is 1. The van der Waals surface area contributed by atoms with Crippen molar-refractivity contribution in [2.45, 2.75) is 32.6 Å². The predicted octanol–water partition coefficient (Wildman–Crippen LogP) is 2.63. The van der Waals surface area contributed by atoms with Gasteiger partial charge in [0.25, 0.3) is 5.84 Å². The average molecular weight is 231 g/mol. The molecule has 1 N–H and O–H groups in total. The zero-order valence-corrected chi connectivity index (χ0v) is 10.8. The highest BCUT2D eigenvalue weighted by Crippen LogP contribution is 2.07. The van der Waals surface area contributed by atoms with Gasteiger partial charge in [-0.05, 0) is 37.8 Å². The van der Waals surface area contributed by atoms with Crippen LogP contribution in [0.1, 0.15) is 38.2 Å². The van der Waals surface area contributed by atoms with Crippen LogP contribution >= 0.6 is 0 Å². The lowest BCUT2D eigenvalue weighted by molar-refractivity contribution is -0.538. The van der Waals surface area contributed by atoms with Crippen molar-refractivity contribution in [3.63, 3.8) is 0 Å². The second-order valence-electron chi connectivity index (χ2n) is 4.69. The third kappa shape index (κ3) is 3.32. The van der Waals surface area contributed by atoms with Crippen LogP contribution in [0.3, 0.4) is 0 Å². The van der Waals surface area contributed by atoms with Gasteiger partial charge in [0.05, 0.1) is 25.2 Å². The van der Waals surface area contributed by atoms with Crippen molar-refractivity contribution in [3.8, 4) is 0 Å². The molecule has 1 aliphatic heterocycles. The van der Waals surface area contributed by atoms with Gasteiger partial charge in [-0.3, -0.25) is 9.89 Å². The minimum absolute atomic E-state index is 1.06. The Kier molecular flexibility index (Phi) is 4.60. The average Bonchev–Trinajstić information content (AvgIpc) is 2.42. The van der Waals surface area contributed by atoms with Crippen molar-refractivity contribution >= 4 is 5.84 Å². The lowest BCUT2D eigenvalue weighted by Gasteiger charge is -2.17. The first kappa shape index (κ1) is 12.2. The van der Waals surface area contributed by atoms with E-state index in [1.807, 2.05) is 0 Å². The van der Waals surface area contributed by atoms with Gasteiger partial charge >= 0.3 is 0 Å². The molecule has 2 heteroatoms. The van der Waals surface area contributed by atoms with Gasteiger partial charge in [-0.2, -0.15) is 0 Å². The van der Waals surface area contributed by atoms with Gasteiger partial charge in [-0.15, -0.1) is 0 Å². The largest absolute Gasteiger partial charge is 0.277 e. The van der Waals surface area contributed by atoms with E-state index in [1.165, 1.54) is 50.2 Å². The number of amidine groups is 1. The molecule has 1 aromatic rings. The minimum atomic E-state index is 1.06. The molecule has 1 fully saturated rings. The Morgan fingerprint density at radius 2 is 1.82 bits per heavy atom. The highest BCUT2D eigenvalue weighted by Gasteiger charge is 2.17. The van der Waals surface area contributed by atoms with Crippen LogP contribution in [-0.4, -0.2) is 30.0 Å². The van der Waals surface area contributed by atoms with Crippen LogP contribution in [-0.2, 0) is 0 Å². The normalized spacial score (nSPS) is 15.7. The van der Waals surface area contributed by atoms with Gasteiger partial charge < -0.3 is 0 Å². The Morgan fingerprint density at radius 3 is 2.47 bits per heavy atom. The molecule has 92 valence electrons. The number of benzene rings is 1.